The van der Waals surface area contributed by atoms with Gasteiger partial charge in [-0.25, -0.2) is 4.98 Å². The van der Waals surface area contributed by atoms with Crippen LogP contribution in [0.25, 0.3) is 11.0 Å². The molecule has 0 saturated carbocycles. The molecule has 1 aromatic carbocycles. The third-order valence-corrected chi connectivity index (χ3v) is 3.78. The lowest BCUT2D eigenvalue weighted by Gasteiger charge is -2.10. The highest BCUT2D eigenvalue weighted by Crippen LogP contribution is 2.24. The zero-order chi connectivity index (χ0) is 15.7. The molecule has 0 radical (unpaired) electrons. The molecule has 3 aromatic rings. The normalized spacial score (nSPS) is 12.3. The van der Waals surface area contributed by atoms with Crippen LogP contribution >= 0.6 is 11.6 Å². The maximum atomic E-state index is 12.4. The molecule has 4 N–H and O–H groups in total. The maximum absolute atomic E-state index is 12.4. The molecule has 112 valence electrons. The molecule has 0 aliphatic heterocycles. The van der Waals surface area contributed by atoms with E-state index in [-0.39, 0.29) is 11.9 Å². The van der Waals surface area contributed by atoms with Gasteiger partial charge in [-0.3, -0.25) is 4.79 Å². The minimum Gasteiger partial charge on any atom is -0.346 e. The quantitative estimate of drug-likeness (QED) is 0.692. The lowest BCUT2D eigenvalue weighted by Crippen LogP contribution is -2.13. The Kier molecular flexibility index (Phi) is 3.83. The average Bonchev–Trinajstić information content (AvgIpc) is 2.96. The van der Waals surface area contributed by atoms with Crippen molar-refractivity contribution in [2.45, 2.75) is 13.0 Å². The molecule has 0 fully saturated rings. The van der Waals surface area contributed by atoms with E-state index in [1.54, 1.807) is 30.6 Å². The Hall–Kier alpha value is -2.37. The first-order chi connectivity index (χ1) is 10.6. The highest BCUT2D eigenvalue weighted by Gasteiger charge is 2.14. The Morgan fingerprint density at radius 1 is 1.36 bits per heavy atom. The number of rotatable bonds is 3. The van der Waals surface area contributed by atoms with Gasteiger partial charge in [-0.1, -0.05) is 17.7 Å². The van der Waals surface area contributed by atoms with Crippen LogP contribution in [0.4, 0.5) is 5.69 Å². The highest BCUT2D eigenvalue weighted by atomic mass is 35.5. The summed E-state index contributed by atoms with van der Waals surface area (Å²) in [6, 6.07) is 8.70. The molecular formula is C16H15ClN4O. The molecule has 2 aromatic heterocycles. The molecule has 0 saturated heterocycles. The summed E-state index contributed by atoms with van der Waals surface area (Å²) in [4.78, 5) is 19.6. The van der Waals surface area contributed by atoms with Gasteiger partial charge in [-0.15, -0.1) is 0 Å². The predicted octanol–water partition coefficient (Wildman–Crippen LogP) is 3.49. The van der Waals surface area contributed by atoms with E-state index in [0.29, 0.717) is 16.3 Å². The Morgan fingerprint density at radius 3 is 2.91 bits per heavy atom. The monoisotopic (exact) mass is 314 g/mol. The summed E-state index contributed by atoms with van der Waals surface area (Å²) in [5.41, 5.74) is 8.51. The number of halogens is 1. The summed E-state index contributed by atoms with van der Waals surface area (Å²) in [7, 11) is 0. The number of carbonyl (C=O) groups excluding carboxylic acids is 1. The number of hydrogen-bond donors (Lipinski definition) is 3. The molecule has 0 bridgehead atoms. The van der Waals surface area contributed by atoms with Crippen molar-refractivity contribution in [2.75, 3.05) is 5.32 Å². The predicted molar refractivity (Wildman–Crippen MR) is 88.1 cm³/mol. The summed E-state index contributed by atoms with van der Waals surface area (Å²) in [6.07, 6.45) is 3.41. The molecule has 3 rings (SSSR count). The fourth-order valence-electron chi connectivity index (χ4n) is 2.26. The minimum atomic E-state index is -0.269. The molecule has 0 aliphatic rings. The van der Waals surface area contributed by atoms with E-state index in [1.807, 2.05) is 19.1 Å². The van der Waals surface area contributed by atoms with Gasteiger partial charge in [0.1, 0.15) is 5.65 Å². The zero-order valence-electron chi connectivity index (χ0n) is 11.9. The lowest BCUT2D eigenvalue weighted by atomic mass is 10.1. The topological polar surface area (TPSA) is 83.8 Å². The number of carbonyl (C=O) groups is 1. The summed E-state index contributed by atoms with van der Waals surface area (Å²) >= 11 is 6.20. The number of aromatic nitrogens is 2. The molecule has 22 heavy (non-hydrogen) atoms. The Labute approximate surface area is 132 Å². The van der Waals surface area contributed by atoms with Gasteiger partial charge in [0.25, 0.3) is 5.91 Å². The van der Waals surface area contributed by atoms with Crippen molar-refractivity contribution in [1.82, 2.24) is 9.97 Å². The van der Waals surface area contributed by atoms with E-state index in [4.69, 9.17) is 17.3 Å². The van der Waals surface area contributed by atoms with Crippen LogP contribution in [0.5, 0.6) is 0 Å². The van der Waals surface area contributed by atoms with Crippen LogP contribution in [-0.2, 0) is 0 Å². The number of nitrogens with two attached hydrogens (primary N) is 1. The molecule has 1 atom stereocenters. The van der Waals surface area contributed by atoms with E-state index in [0.717, 1.165) is 16.6 Å². The fourth-order valence-corrected chi connectivity index (χ4v) is 2.53. The Bertz CT molecular complexity index is 841. The molecule has 6 heteroatoms. The van der Waals surface area contributed by atoms with Gasteiger partial charge < -0.3 is 16.0 Å². The molecule has 2 heterocycles. The van der Waals surface area contributed by atoms with Crippen LogP contribution in [0.15, 0.2) is 42.7 Å². The fraction of sp³-hybridized carbons (Fsp3) is 0.125. The molecule has 1 unspecified atom stereocenters. The number of aromatic amines is 1. The van der Waals surface area contributed by atoms with Gasteiger partial charge in [-0.2, -0.15) is 0 Å². The van der Waals surface area contributed by atoms with Crippen molar-refractivity contribution in [3.05, 3.63) is 58.9 Å². The number of hydrogen-bond acceptors (Lipinski definition) is 3. The van der Waals surface area contributed by atoms with E-state index in [1.165, 1.54) is 0 Å². The number of benzene rings is 1. The summed E-state index contributed by atoms with van der Waals surface area (Å²) in [5, 5.41) is 4.09. The van der Waals surface area contributed by atoms with E-state index in [9.17, 15) is 4.79 Å². The first-order valence-electron chi connectivity index (χ1n) is 6.84. The van der Waals surface area contributed by atoms with Crippen molar-refractivity contribution >= 4 is 34.2 Å². The van der Waals surface area contributed by atoms with Crippen molar-refractivity contribution in [1.29, 1.82) is 0 Å². The first-order valence-corrected chi connectivity index (χ1v) is 7.22. The van der Waals surface area contributed by atoms with E-state index in [2.05, 4.69) is 15.3 Å². The van der Waals surface area contributed by atoms with Crippen LogP contribution in [0.2, 0.25) is 5.02 Å². The van der Waals surface area contributed by atoms with Crippen LogP contribution in [0, 0.1) is 0 Å². The van der Waals surface area contributed by atoms with E-state index < -0.39 is 0 Å². The van der Waals surface area contributed by atoms with Gasteiger partial charge >= 0.3 is 0 Å². The number of H-pyrrole nitrogens is 1. The number of amides is 1. The standard InChI is InChI=1S/C16H15ClN4O/c1-9(18)10-2-3-11(13(17)8-10)16(22)21-14-5-7-20-15-12(14)4-6-19-15/h2-9H,18H2,1H3,(H2,19,20,21,22). The minimum absolute atomic E-state index is 0.130. The van der Waals surface area contributed by atoms with Crippen molar-refractivity contribution in [3.8, 4) is 0 Å². The highest BCUT2D eigenvalue weighted by molar-refractivity contribution is 6.34. The number of pyridine rings is 1. The zero-order valence-corrected chi connectivity index (χ0v) is 12.7. The number of anilines is 1. The smallest absolute Gasteiger partial charge is 0.257 e. The summed E-state index contributed by atoms with van der Waals surface area (Å²) in [5.74, 6) is -0.269. The summed E-state index contributed by atoms with van der Waals surface area (Å²) < 4.78 is 0. The van der Waals surface area contributed by atoms with E-state index >= 15 is 0 Å². The number of nitrogens with zero attached hydrogens (tertiary/aromatic N) is 1. The van der Waals surface area contributed by atoms with Gasteiger partial charge in [0.05, 0.1) is 16.3 Å². The molecular weight excluding hydrogens is 300 g/mol. The summed E-state index contributed by atoms with van der Waals surface area (Å²) in [6.45, 7) is 1.87. The van der Waals surface area contributed by atoms with Crippen molar-refractivity contribution < 1.29 is 4.79 Å². The van der Waals surface area contributed by atoms with Gasteiger partial charge in [0, 0.05) is 23.8 Å². The van der Waals surface area contributed by atoms with Crippen LogP contribution in [0.1, 0.15) is 28.9 Å². The van der Waals surface area contributed by atoms with Crippen LogP contribution in [0.3, 0.4) is 0 Å². The second kappa shape index (κ2) is 5.79. The first kappa shape index (κ1) is 14.6. The van der Waals surface area contributed by atoms with Crippen molar-refractivity contribution in [3.63, 3.8) is 0 Å². The average molecular weight is 315 g/mol. The van der Waals surface area contributed by atoms with Crippen LogP contribution < -0.4 is 11.1 Å². The van der Waals surface area contributed by atoms with Gasteiger partial charge in [0.2, 0.25) is 0 Å². The maximum Gasteiger partial charge on any atom is 0.257 e. The SMILES string of the molecule is CC(N)c1ccc(C(=O)Nc2ccnc3[nH]ccc23)c(Cl)c1. The van der Waals surface area contributed by atoms with Gasteiger partial charge in [-0.05, 0) is 36.8 Å². The third-order valence-electron chi connectivity index (χ3n) is 3.47. The Balaban J connectivity index is 1.90. The molecule has 5 nitrogen and oxygen atoms in total. The number of nitrogens with one attached hydrogen (secondary N) is 2. The lowest BCUT2D eigenvalue weighted by molar-refractivity contribution is 0.102. The Morgan fingerprint density at radius 2 is 2.18 bits per heavy atom. The second-order valence-corrected chi connectivity index (χ2v) is 5.49. The molecule has 0 spiro atoms. The largest absolute Gasteiger partial charge is 0.346 e. The second-order valence-electron chi connectivity index (χ2n) is 5.08. The third kappa shape index (κ3) is 2.68. The van der Waals surface area contributed by atoms with Gasteiger partial charge in [0.15, 0.2) is 0 Å². The van der Waals surface area contributed by atoms with Crippen LogP contribution in [-0.4, -0.2) is 15.9 Å². The van der Waals surface area contributed by atoms with Crippen molar-refractivity contribution in [2.24, 2.45) is 5.73 Å². The molecule has 0 aliphatic carbocycles. The number of fused-ring (bicyclic) bond motifs is 1. The molecule has 1 amide bonds.